The fraction of sp³-hybridized carbons (Fsp3) is 0.167. The van der Waals surface area contributed by atoms with E-state index in [2.05, 4.69) is 5.32 Å². The normalized spacial score (nSPS) is 10.2. The lowest BCUT2D eigenvalue weighted by Crippen LogP contribution is -2.25. The highest BCUT2D eigenvalue weighted by Crippen LogP contribution is 2.07. The predicted octanol–water partition coefficient (Wildman–Crippen LogP) is 1.38. The van der Waals surface area contributed by atoms with Crippen LogP contribution < -0.4 is 10.9 Å². The van der Waals surface area contributed by atoms with Gasteiger partial charge in [-0.3, -0.25) is 9.59 Å². The van der Waals surface area contributed by atoms with Crippen molar-refractivity contribution in [2.45, 2.75) is 6.54 Å². The van der Waals surface area contributed by atoms with E-state index < -0.39 is 0 Å². The second-order valence-electron chi connectivity index (χ2n) is 3.63. The minimum Gasteiger partial charge on any atom is -0.347 e. The van der Waals surface area contributed by atoms with Crippen LogP contribution >= 0.6 is 11.3 Å². The highest BCUT2D eigenvalue weighted by atomic mass is 32.1. The quantitative estimate of drug-likeness (QED) is 0.892. The van der Waals surface area contributed by atoms with Crippen LogP contribution in [0, 0.1) is 0 Å². The van der Waals surface area contributed by atoms with E-state index in [0.717, 1.165) is 4.88 Å². The molecule has 0 saturated heterocycles. The maximum atomic E-state index is 11.7. The highest BCUT2D eigenvalue weighted by Gasteiger charge is 2.06. The summed E-state index contributed by atoms with van der Waals surface area (Å²) < 4.78 is 1.43. The van der Waals surface area contributed by atoms with Crippen LogP contribution in [0.1, 0.15) is 15.2 Å². The zero-order valence-corrected chi connectivity index (χ0v) is 10.2. The van der Waals surface area contributed by atoms with Crippen molar-refractivity contribution in [1.29, 1.82) is 0 Å². The largest absolute Gasteiger partial charge is 0.347 e. The van der Waals surface area contributed by atoms with E-state index in [4.69, 9.17) is 0 Å². The molecule has 0 atom stereocenters. The van der Waals surface area contributed by atoms with Gasteiger partial charge < -0.3 is 9.88 Å². The summed E-state index contributed by atoms with van der Waals surface area (Å²) in [6.45, 7) is 0.492. The molecule has 17 heavy (non-hydrogen) atoms. The van der Waals surface area contributed by atoms with E-state index in [1.54, 1.807) is 30.6 Å². The van der Waals surface area contributed by atoms with Crippen LogP contribution in [0.25, 0.3) is 0 Å². The maximum Gasteiger partial charge on any atom is 0.251 e. The first kappa shape index (κ1) is 11.6. The Labute approximate surface area is 103 Å². The minimum atomic E-state index is -0.226. The van der Waals surface area contributed by atoms with Gasteiger partial charge in [0, 0.05) is 29.8 Å². The van der Waals surface area contributed by atoms with Crippen LogP contribution in [-0.4, -0.2) is 10.5 Å². The predicted molar refractivity (Wildman–Crippen MR) is 67.2 cm³/mol. The molecule has 0 spiro atoms. The second kappa shape index (κ2) is 4.97. The van der Waals surface area contributed by atoms with Gasteiger partial charge in [0.1, 0.15) is 0 Å². The van der Waals surface area contributed by atoms with Crippen molar-refractivity contribution in [3.05, 3.63) is 56.6 Å². The van der Waals surface area contributed by atoms with Gasteiger partial charge in [0.2, 0.25) is 0 Å². The number of nitrogens with zero attached hydrogens (tertiary/aromatic N) is 1. The van der Waals surface area contributed by atoms with Crippen molar-refractivity contribution in [3.8, 4) is 0 Å². The first-order valence-corrected chi connectivity index (χ1v) is 6.02. The summed E-state index contributed by atoms with van der Waals surface area (Å²) in [4.78, 5) is 24.2. The van der Waals surface area contributed by atoms with Crippen LogP contribution in [-0.2, 0) is 13.6 Å². The fourth-order valence-electron chi connectivity index (χ4n) is 1.37. The van der Waals surface area contributed by atoms with Gasteiger partial charge in [-0.15, -0.1) is 11.3 Å². The minimum absolute atomic E-state index is 0.186. The number of thiophene rings is 1. The summed E-state index contributed by atoms with van der Waals surface area (Å²) in [7, 11) is 1.65. The molecule has 5 heteroatoms. The van der Waals surface area contributed by atoms with Gasteiger partial charge in [0.25, 0.3) is 11.5 Å². The van der Waals surface area contributed by atoms with Gasteiger partial charge in [0.05, 0.1) is 6.54 Å². The molecule has 2 aromatic rings. The van der Waals surface area contributed by atoms with Crippen molar-refractivity contribution in [2.75, 3.05) is 0 Å². The van der Waals surface area contributed by atoms with Crippen molar-refractivity contribution in [1.82, 2.24) is 9.88 Å². The molecule has 88 valence electrons. The van der Waals surface area contributed by atoms with Crippen molar-refractivity contribution in [3.63, 3.8) is 0 Å². The molecule has 0 fully saturated rings. The zero-order valence-electron chi connectivity index (χ0n) is 9.34. The smallest absolute Gasteiger partial charge is 0.251 e. The maximum absolute atomic E-state index is 11.7. The number of nitrogens with one attached hydrogen (secondary N) is 1. The summed E-state index contributed by atoms with van der Waals surface area (Å²) in [5.41, 5.74) is 0.207. The van der Waals surface area contributed by atoms with Gasteiger partial charge in [-0.25, -0.2) is 0 Å². The second-order valence-corrected chi connectivity index (χ2v) is 4.66. The van der Waals surface area contributed by atoms with Crippen molar-refractivity contribution in [2.24, 2.45) is 7.05 Å². The monoisotopic (exact) mass is 248 g/mol. The molecular weight excluding hydrogens is 236 g/mol. The molecular formula is C12H12N2O2S. The molecule has 0 aliphatic carbocycles. The molecule has 0 aromatic carbocycles. The Hall–Kier alpha value is -1.88. The Kier molecular flexibility index (Phi) is 3.39. The van der Waals surface area contributed by atoms with Gasteiger partial charge in [-0.2, -0.15) is 0 Å². The lowest BCUT2D eigenvalue weighted by molar-refractivity contribution is 0.0951. The third-order valence-corrected chi connectivity index (χ3v) is 3.25. The molecule has 0 saturated carbocycles. The summed E-state index contributed by atoms with van der Waals surface area (Å²) in [5, 5.41) is 4.73. The van der Waals surface area contributed by atoms with Gasteiger partial charge in [-0.05, 0) is 17.5 Å². The third kappa shape index (κ3) is 2.82. The Morgan fingerprint density at radius 2 is 2.29 bits per heavy atom. The molecule has 1 amide bonds. The van der Waals surface area contributed by atoms with E-state index in [1.807, 2.05) is 17.5 Å². The fourth-order valence-corrected chi connectivity index (χ4v) is 2.02. The summed E-state index contributed by atoms with van der Waals surface area (Å²) >= 11 is 1.59. The van der Waals surface area contributed by atoms with E-state index in [-0.39, 0.29) is 11.5 Å². The molecule has 4 nitrogen and oxygen atoms in total. The number of rotatable bonds is 3. The summed E-state index contributed by atoms with van der Waals surface area (Å²) in [5.74, 6) is -0.226. The molecule has 0 aliphatic rings. The molecule has 0 aliphatic heterocycles. The number of pyridine rings is 1. The molecule has 1 N–H and O–H groups in total. The number of aryl methyl sites for hydroxylation is 1. The number of hydrogen-bond donors (Lipinski definition) is 1. The summed E-state index contributed by atoms with van der Waals surface area (Å²) in [6, 6.07) is 6.86. The van der Waals surface area contributed by atoms with Gasteiger partial charge in [0.15, 0.2) is 0 Å². The molecule has 0 radical (unpaired) electrons. The lowest BCUT2D eigenvalue weighted by Gasteiger charge is -2.04. The third-order valence-electron chi connectivity index (χ3n) is 2.37. The van der Waals surface area contributed by atoms with Gasteiger partial charge >= 0.3 is 0 Å². The molecule has 0 unspecified atom stereocenters. The topological polar surface area (TPSA) is 51.1 Å². The Balaban J connectivity index is 2.04. The van der Waals surface area contributed by atoms with E-state index in [9.17, 15) is 9.59 Å². The SMILES string of the molecule is Cn1ccc(C(=O)NCc2cccs2)cc1=O. The van der Waals surface area contributed by atoms with Crippen molar-refractivity contribution < 1.29 is 4.79 Å². The number of carbonyl (C=O) groups excluding carboxylic acids is 1. The van der Waals surface area contributed by atoms with Gasteiger partial charge in [-0.1, -0.05) is 6.07 Å². The van der Waals surface area contributed by atoms with Crippen LogP contribution in [0.3, 0.4) is 0 Å². The molecule has 2 heterocycles. The highest BCUT2D eigenvalue weighted by molar-refractivity contribution is 7.09. The summed E-state index contributed by atoms with van der Waals surface area (Å²) in [6.07, 6.45) is 1.59. The number of aromatic nitrogens is 1. The number of carbonyl (C=O) groups is 1. The first-order valence-electron chi connectivity index (χ1n) is 5.14. The van der Waals surface area contributed by atoms with E-state index in [1.165, 1.54) is 10.6 Å². The first-order chi connectivity index (χ1) is 8.16. The van der Waals surface area contributed by atoms with Crippen molar-refractivity contribution >= 4 is 17.2 Å². The van der Waals surface area contributed by atoms with E-state index >= 15 is 0 Å². The molecule has 2 aromatic heterocycles. The number of hydrogen-bond acceptors (Lipinski definition) is 3. The average Bonchev–Trinajstić information content (AvgIpc) is 2.82. The van der Waals surface area contributed by atoms with Crippen LogP contribution in [0.15, 0.2) is 40.6 Å². The van der Waals surface area contributed by atoms with Crippen LogP contribution in [0.4, 0.5) is 0 Å². The van der Waals surface area contributed by atoms with E-state index in [0.29, 0.717) is 12.1 Å². The van der Waals surface area contributed by atoms with Crippen LogP contribution in [0.2, 0.25) is 0 Å². The molecule has 2 rings (SSSR count). The Morgan fingerprint density at radius 3 is 2.94 bits per heavy atom. The number of amides is 1. The average molecular weight is 248 g/mol. The molecule has 0 bridgehead atoms. The lowest BCUT2D eigenvalue weighted by atomic mass is 10.2. The standard InChI is InChI=1S/C12H12N2O2S/c1-14-5-4-9(7-11(14)15)12(16)13-8-10-3-2-6-17-10/h2-7H,8H2,1H3,(H,13,16). The Bertz CT molecular complexity index is 572. The zero-order chi connectivity index (χ0) is 12.3. The Morgan fingerprint density at radius 1 is 1.47 bits per heavy atom. The van der Waals surface area contributed by atoms with Crippen LogP contribution in [0.5, 0.6) is 0 Å².